The van der Waals surface area contributed by atoms with E-state index in [9.17, 15) is 4.79 Å². The fourth-order valence-corrected chi connectivity index (χ4v) is 7.22. The molecule has 6 atom stereocenters. The SMILES string of the molecule is [2H]C1=C(I)[C@@]2(C)CCC3C(CC=C4C[C@@H](OC(C)=O)CC[C@@]43C)C2C1. The van der Waals surface area contributed by atoms with E-state index in [1.807, 2.05) is 0 Å². The van der Waals surface area contributed by atoms with Gasteiger partial charge in [0.05, 0.1) is 1.37 Å². The Morgan fingerprint density at radius 3 is 2.75 bits per heavy atom. The van der Waals surface area contributed by atoms with Gasteiger partial charge in [-0.05, 0) is 87.9 Å². The molecule has 0 aliphatic heterocycles. The number of hydrogen-bond donors (Lipinski definition) is 0. The minimum atomic E-state index is -0.147. The number of carbonyl (C=O) groups is 1. The second kappa shape index (κ2) is 5.85. The maximum atomic E-state index is 11.3. The quantitative estimate of drug-likeness (QED) is 0.292. The largest absolute Gasteiger partial charge is 0.462 e. The van der Waals surface area contributed by atoms with E-state index >= 15 is 0 Å². The number of carbonyl (C=O) groups excluding carboxylic acids is 1. The molecule has 3 unspecified atom stereocenters. The van der Waals surface area contributed by atoms with Crippen LogP contribution in [0.15, 0.2) is 21.3 Å². The summed E-state index contributed by atoms with van der Waals surface area (Å²) in [5.74, 6) is 1.95. The Morgan fingerprint density at radius 2 is 2.00 bits per heavy atom. The molecule has 24 heavy (non-hydrogen) atoms. The smallest absolute Gasteiger partial charge is 0.302 e. The van der Waals surface area contributed by atoms with E-state index in [-0.39, 0.29) is 22.9 Å². The summed E-state index contributed by atoms with van der Waals surface area (Å²) in [5, 5.41) is 0. The number of esters is 1. The van der Waals surface area contributed by atoms with Crippen LogP contribution < -0.4 is 0 Å². The maximum absolute atomic E-state index is 11.3. The van der Waals surface area contributed by atoms with Gasteiger partial charge in [-0.1, -0.05) is 31.5 Å². The van der Waals surface area contributed by atoms with E-state index in [4.69, 9.17) is 6.11 Å². The van der Waals surface area contributed by atoms with Crippen molar-refractivity contribution in [3.8, 4) is 0 Å². The molecule has 3 heteroatoms. The van der Waals surface area contributed by atoms with Gasteiger partial charge < -0.3 is 4.74 Å². The Hall–Kier alpha value is -0.320. The highest BCUT2D eigenvalue weighted by Gasteiger charge is 2.56. The summed E-state index contributed by atoms with van der Waals surface area (Å²) < 4.78 is 15.2. The van der Waals surface area contributed by atoms with Crippen LogP contribution in [-0.4, -0.2) is 12.1 Å². The van der Waals surface area contributed by atoms with E-state index < -0.39 is 0 Å². The molecule has 0 aromatic rings. The third-order valence-electron chi connectivity index (χ3n) is 7.76. The fraction of sp³-hybridized carbons (Fsp3) is 0.762. The van der Waals surface area contributed by atoms with Crippen molar-refractivity contribution >= 4 is 28.6 Å². The number of allylic oxidation sites excluding steroid dienone is 3. The van der Waals surface area contributed by atoms with Crippen molar-refractivity contribution in [3.63, 3.8) is 0 Å². The van der Waals surface area contributed by atoms with Gasteiger partial charge in [0.15, 0.2) is 0 Å². The van der Waals surface area contributed by atoms with E-state index in [0.29, 0.717) is 11.8 Å². The first-order valence-electron chi connectivity index (χ1n) is 9.98. The highest BCUT2D eigenvalue weighted by Crippen LogP contribution is 2.65. The topological polar surface area (TPSA) is 26.3 Å². The Kier molecular flexibility index (Phi) is 3.88. The first-order chi connectivity index (χ1) is 11.8. The van der Waals surface area contributed by atoms with Crippen LogP contribution in [0.2, 0.25) is 0 Å². The van der Waals surface area contributed by atoms with Crippen LogP contribution in [-0.2, 0) is 9.53 Å². The molecule has 2 fully saturated rings. The van der Waals surface area contributed by atoms with Crippen LogP contribution in [0, 0.1) is 28.6 Å². The van der Waals surface area contributed by atoms with Gasteiger partial charge in [-0.3, -0.25) is 4.79 Å². The van der Waals surface area contributed by atoms with Crippen molar-refractivity contribution in [2.45, 2.75) is 71.8 Å². The zero-order chi connectivity index (χ0) is 18.0. The molecule has 0 saturated heterocycles. The molecular weight excluding hydrogens is 411 g/mol. The molecule has 2 nitrogen and oxygen atoms in total. The van der Waals surface area contributed by atoms with Gasteiger partial charge in [-0.2, -0.15) is 0 Å². The number of hydrogen-bond acceptors (Lipinski definition) is 2. The minimum absolute atomic E-state index is 0.0798. The second-order valence-electron chi connectivity index (χ2n) is 8.88. The Morgan fingerprint density at radius 1 is 1.25 bits per heavy atom. The van der Waals surface area contributed by atoms with Crippen LogP contribution in [0.25, 0.3) is 0 Å². The molecule has 0 heterocycles. The molecule has 132 valence electrons. The summed E-state index contributed by atoms with van der Waals surface area (Å²) in [6, 6.07) is 0.896. The lowest BCUT2D eigenvalue weighted by atomic mass is 9.48. The van der Waals surface area contributed by atoms with Crippen LogP contribution in [0.3, 0.4) is 0 Å². The van der Waals surface area contributed by atoms with Gasteiger partial charge in [0.25, 0.3) is 0 Å². The normalized spacial score (nSPS) is 48.0. The van der Waals surface area contributed by atoms with Crippen LogP contribution in [0.5, 0.6) is 0 Å². The number of rotatable bonds is 1. The standard InChI is InChI=1S/C21H29IO2/c1-13(23)24-15-8-10-20(2)14(12-15)4-5-16-17-6-7-19(22)21(17,3)11-9-18(16)20/h4,7,15-18H,5-6,8-12H2,1-3H3/t15-,16?,17?,18?,20-,21-/m0/s1/i7D. The molecule has 4 aliphatic carbocycles. The lowest BCUT2D eigenvalue weighted by Crippen LogP contribution is -2.49. The fourth-order valence-electron chi connectivity index (χ4n) is 6.33. The summed E-state index contributed by atoms with van der Waals surface area (Å²) in [4.78, 5) is 11.3. The molecule has 0 aromatic carbocycles. The molecule has 4 rings (SSSR count). The van der Waals surface area contributed by atoms with Gasteiger partial charge in [0.1, 0.15) is 6.10 Å². The maximum Gasteiger partial charge on any atom is 0.302 e. The lowest BCUT2D eigenvalue weighted by molar-refractivity contribution is -0.148. The third kappa shape index (κ3) is 2.44. The summed E-state index contributed by atoms with van der Waals surface area (Å²) in [7, 11) is 0. The summed E-state index contributed by atoms with van der Waals surface area (Å²) in [6.07, 6.45) is 10.3. The van der Waals surface area contributed by atoms with Gasteiger partial charge in [0, 0.05) is 18.8 Å². The predicted octanol–water partition coefficient (Wildman–Crippen LogP) is 5.81. The average molecular weight is 441 g/mol. The molecule has 0 radical (unpaired) electrons. The molecular formula is C21H29IO2. The second-order valence-corrected chi connectivity index (χ2v) is 9.96. The van der Waals surface area contributed by atoms with Gasteiger partial charge in [0.2, 0.25) is 0 Å². The molecule has 0 bridgehead atoms. The van der Waals surface area contributed by atoms with Crippen molar-refractivity contribution < 1.29 is 10.9 Å². The molecule has 2 saturated carbocycles. The van der Waals surface area contributed by atoms with Crippen LogP contribution in [0.1, 0.15) is 67.1 Å². The number of fused-ring (bicyclic) bond motifs is 5. The van der Waals surface area contributed by atoms with Crippen molar-refractivity contribution in [1.29, 1.82) is 0 Å². The zero-order valence-electron chi connectivity index (χ0n) is 16.0. The summed E-state index contributed by atoms with van der Waals surface area (Å²) >= 11 is 2.46. The summed E-state index contributed by atoms with van der Waals surface area (Å²) in [6.45, 7) is 6.40. The molecule has 0 amide bonds. The van der Waals surface area contributed by atoms with Gasteiger partial charge in [-0.15, -0.1) is 0 Å². The van der Waals surface area contributed by atoms with E-state index in [2.05, 4.69) is 42.5 Å². The lowest BCUT2D eigenvalue weighted by Gasteiger charge is -2.57. The van der Waals surface area contributed by atoms with Crippen molar-refractivity contribution in [2.75, 3.05) is 0 Å². The third-order valence-corrected chi connectivity index (χ3v) is 9.37. The predicted molar refractivity (Wildman–Crippen MR) is 105 cm³/mol. The first-order valence-corrected chi connectivity index (χ1v) is 10.6. The average Bonchev–Trinajstić information content (AvgIpc) is 2.78. The Labute approximate surface area is 161 Å². The Balaban J connectivity index is 1.60. The van der Waals surface area contributed by atoms with Gasteiger partial charge >= 0.3 is 5.97 Å². The molecule has 4 aliphatic rings. The number of halogens is 1. The van der Waals surface area contributed by atoms with Crippen molar-refractivity contribution in [2.24, 2.45) is 28.6 Å². The van der Waals surface area contributed by atoms with E-state index in [0.717, 1.165) is 44.1 Å². The van der Waals surface area contributed by atoms with Crippen molar-refractivity contribution in [1.82, 2.24) is 0 Å². The molecule has 0 N–H and O–H groups in total. The van der Waals surface area contributed by atoms with Crippen molar-refractivity contribution in [3.05, 3.63) is 21.3 Å². The first kappa shape index (κ1) is 15.9. The monoisotopic (exact) mass is 441 g/mol. The van der Waals surface area contributed by atoms with E-state index in [1.54, 1.807) is 5.57 Å². The minimum Gasteiger partial charge on any atom is -0.462 e. The number of ether oxygens (including phenoxy) is 1. The van der Waals surface area contributed by atoms with Crippen LogP contribution in [0.4, 0.5) is 0 Å². The highest BCUT2D eigenvalue weighted by atomic mass is 127. The Bertz CT molecular complexity index is 669. The molecule has 0 spiro atoms. The van der Waals surface area contributed by atoms with E-state index in [1.165, 1.54) is 23.3 Å². The molecule has 0 aromatic heterocycles. The zero-order valence-corrected chi connectivity index (χ0v) is 17.2. The highest BCUT2D eigenvalue weighted by molar-refractivity contribution is 14.1. The van der Waals surface area contributed by atoms with Gasteiger partial charge in [-0.25, -0.2) is 0 Å². The van der Waals surface area contributed by atoms with Crippen LogP contribution >= 0.6 is 22.6 Å². The summed E-state index contributed by atoms with van der Waals surface area (Å²) in [5.41, 5.74) is 2.06.